The number of rotatable bonds is 4. The number of benzene rings is 2. The van der Waals surface area contributed by atoms with E-state index in [9.17, 15) is 5.11 Å². The molecule has 0 aliphatic heterocycles. The summed E-state index contributed by atoms with van der Waals surface area (Å²) in [5, 5.41) is 10.2. The lowest BCUT2D eigenvalue weighted by molar-refractivity contribution is 0.306. The van der Waals surface area contributed by atoms with Crippen LogP contribution in [0.5, 0.6) is 17.2 Å². The third-order valence-corrected chi connectivity index (χ3v) is 3.09. The highest BCUT2D eigenvalue weighted by Gasteiger charge is 2.05. The highest BCUT2D eigenvalue weighted by molar-refractivity contribution is 5.84. The van der Waals surface area contributed by atoms with Gasteiger partial charge in [-0.2, -0.15) is 0 Å². The minimum atomic E-state index is 0.140. The maximum Gasteiger partial charge on any atom is 0.161 e. The summed E-state index contributed by atoms with van der Waals surface area (Å²) in [5.41, 5.74) is 1.66. The number of furan rings is 1. The Kier molecular flexibility index (Phi) is 3.21. The normalized spacial score (nSPS) is 10.7. The van der Waals surface area contributed by atoms with Crippen LogP contribution in [0.3, 0.4) is 0 Å². The Morgan fingerprint density at radius 1 is 1.05 bits per heavy atom. The second-order valence-electron chi connectivity index (χ2n) is 4.42. The molecule has 3 aromatic rings. The van der Waals surface area contributed by atoms with Gasteiger partial charge in [0.25, 0.3) is 0 Å². The van der Waals surface area contributed by atoms with Crippen molar-refractivity contribution in [3.8, 4) is 17.2 Å². The fourth-order valence-corrected chi connectivity index (χ4v) is 1.97. The van der Waals surface area contributed by atoms with Gasteiger partial charge in [0.15, 0.2) is 5.75 Å². The quantitative estimate of drug-likeness (QED) is 0.785. The average Bonchev–Trinajstić information content (AvgIpc) is 2.87. The van der Waals surface area contributed by atoms with Gasteiger partial charge >= 0.3 is 0 Å². The summed E-state index contributed by atoms with van der Waals surface area (Å²) < 4.78 is 16.0. The highest BCUT2D eigenvalue weighted by Crippen LogP contribution is 2.29. The molecule has 0 unspecified atom stereocenters. The van der Waals surface area contributed by atoms with Crippen LogP contribution in [0, 0.1) is 0 Å². The van der Waals surface area contributed by atoms with E-state index in [0.29, 0.717) is 23.3 Å². The lowest BCUT2D eigenvalue weighted by atomic mass is 10.2. The molecule has 0 amide bonds. The van der Waals surface area contributed by atoms with E-state index in [1.165, 1.54) is 6.26 Å². The van der Waals surface area contributed by atoms with Gasteiger partial charge in [-0.1, -0.05) is 12.1 Å². The van der Waals surface area contributed by atoms with Crippen molar-refractivity contribution < 1.29 is 19.0 Å². The molecule has 1 N–H and O–H groups in total. The molecular formula is C16H14O4. The number of methoxy groups -OCH3 is 1. The van der Waals surface area contributed by atoms with Crippen LogP contribution >= 0.6 is 0 Å². The van der Waals surface area contributed by atoms with Crippen LogP contribution in [-0.2, 0) is 6.61 Å². The van der Waals surface area contributed by atoms with Crippen molar-refractivity contribution in [2.24, 2.45) is 0 Å². The topological polar surface area (TPSA) is 51.8 Å². The Hall–Kier alpha value is -2.62. The van der Waals surface area contributed by atoms with Crippen molar-refractivity contribution in [2.75, 3.05) is 7.11 Å². The lowest BCUT2D eigenvalue weighted by Gasteiger charge is -2.07. The van der Waals surface area contributed by atoms with E-state index >= 15 is 0 Å². The first-order chi connectivity index (χ1) is 9.76. The summed E-state index contributed by atoms with van der Waals surface area (Å²) in [6.07, 6.45) is 1.32. The molecule has 0 radical (unpaired) electrons. The molecule has 20 heavy (non-hydrogen) atoms. The molecule has 102 valence electrons. The second-order valence-corrected chi connectivity index (χ2v) is 4.42. The van der Waals surface area contributed by atoms with Crippen molar-refractivity contribution in [1.29, 1.82) is 0 Å². The van der Waals surface area contributed by atoms with Gasteiger partial charge in [0.1, 0.15) is 30.0 Å². The Bertz CT molecular complexity index is 713. The van der Waals surface area contributed by atoms with Gasteiger partial charge in [-0.05, 0) is 29.8 Å². The van der Waals surface area contributed by atoms with Gasteiger partial charge in [0.2, 0.25) is 0 Å². The molecule has 0 saturated carbocycles. The van der Waals surface area contributed by atoms with E-state index in [1.54, 1.807) is 25.3 Å². The summed E-state index contributed by atoms with van der Waals surface area (Å²) in [6, 6.07) is 13.0. The van der Waals surface area contributed by atoms with Crippen LogP contribution in [0.25, 0.3) is 11.0 Å². The Morgan fingerprint density at radius 2 is 1.80 bits per heavy atom. The van der Waals surface area contributed by atoms with Crippen LogP contribution in [-0.4, -0.2) is 12.2 Å². The monoisotopic (exact) mass is 270 g/mol. The van der Waals surface area contributed by atoms with Crippen molar-refractivity contribution in [3.05, 3.63) is 54.3 Å². The SMILES string of the molecule is COc1ccc(COc2ccc3c(O)coc3c2)cc1. The summed E-state index contributed by atoms with van der Waals surface area (Å²) in [7, 11) is 1.64. The third-order valence-electron chi connectivity index (χ3n) is 3.09. The van der Waals surface area contributed by atoms with Gasteiger partial charge in [0, 0.05) is 6.07 Å². The number of aromatic hydroxyl groups is 1. The van der Waals surface area contributed by atoms with Gasteiger partial charge in [-0.3, -0.25) is 0 Å². The minimum absolute atomic E-state index is 0.140. The first-order valence-electron chi connectivity index (χ1n) is 6.22. The number of hydrogen-bond acceptors (Lipinski definition) is 4. The van der Waals surface area contributed by atoms with Crippen molar-refractivity contribution in [3.63, 3.8) is 0 Å². The molecule has 0 fully saturated rings. The van der Waals surface area contributed by atoms with E-state index in [-0.39, 0.29) is 5.75 Å². The third kappa shape index (κ3) is 2.40. The van der Waals surface area contributed by atoms with Gasteiger partial charge in [0.05, 0.1) is 12.5 Å². The zero-order valence-electron chi connectivity index (χ0n) is 11.0. The zero-order valence-corrected chi connectivity index (χ0v) is 11.0. The van der Waals surface area contributed by atoms with Crippen molar-refractivity contribution in [1.82, 2.24) is 0 Å². The van der Waals surface area contributed by atoms with Gasteiger partial charge < -0.3 is 19.0 Å². The number of fused-ring (bicyclic) bond motifs is 1. The molecule has 0 atom stereocenters. The molecule has 1 heterocycles. The highest BCUT2D eigenvalue weighted by atomic mass is 16.5. The molecular weight excluding hydrogens is 256 g/mol. The Morgan fingerprint density at radius 3 is 2.55 bits per heavy atom. The first kappa shape index (κ1) is 12.4. The molecule has 4 heteroatoms. The van der Waals surface area contributed by atoms with Gasteiger partial charge in [-0.25, -0.2) is 0 Å². The molecule has 2 aromatic carbocycles. The molecule has 4 nitrogen and oxygen atoms in total. The average molecular weight is 270 g/mol. The van der Waals surface area contributed by atoms with Crippen molar-refractivity contribution >= 4 is 11.0 Å². The van der Waals surface area contributed by atoms with Crippen LogP contribution in [0.2, 0.25) is 0 Å². The predicted molar refractivity (Wildman–Crippen MR) is 75.2 cm³/mol. The van der Waals surface area contributed by atoms with Gasteiger partial charge in [-0.15, -0.1) is 0 Å². The Balaban J connectivity index is 1.72. The first-order valence-corrected chi connectivity index (χ1v) is 6.22. The molecule has 0 spiro atoms. The molecule has 1 aromatic heterocycles. The maximum absolute atomic E-state index is 9.51. The zero-order chi connectivity index (χ0) is 13.9. The van der Waals surface area contributed by atoms with E-state index in [1.807, 2.05) is 24.3 Å². The summed E-state index contributed by atoms with van der Waals surface area (Å²) in [6.45, 7) is 0.461. The Labute approximate surface area is 116 Å². The van der Waals surface area contributed by atoms with Crippen LogP contribution < -0.4 is 9.47 Å². The molecule has 3 rings (SSSR count). The predicted octanol–water partition coefficient (Wildman–Crippen LogP) is 3.73. The summed E-state index contributed by atoms with van der Waals surface area (Å²) in [4.78, 5) is 0. The van der Waals surface area contributed by atoms with Crippen molar-refractivity contribution in [2.45, 2.75) is 6.61 Å². The standard InChI is InChI=1S/C16H14O4/c1-18-12-4-2-11(3-5-12)9-19-13-6-7-14-15(17)10-20-16(14)8-13/h2-8,10,17H,9H2,1H3. The van der Waals surface area contributed by atoms with E-state index < -0.39 is 0 Å². The van der Waals surface area contributed by atoms with E-state index in [4.69, 9.17) is 13.9 Å². The molecule has 0 aliphatic rings. The van der Waals surface area contributed by atoms with Crippen LogP contribution in [0.1, 0.15) is 5.56 Å². The second kappa shape index (κ2) is 5.17. The molecule has 0 bridgehead atoms. The molecule has 0 saturated heterocycles. The number of ether oxygens (including phenoxy) is 2. The fraction of sp³-hybridized carbons (Fsp3) is 0.125. The van der Waals surface area contributed by atoms with E-state index in [0.717, 1.165) is 11.3 Å². The van der Waals surface area contributed by atoms with E-state index in [2.05, 4.69) is 0 Å². The maximum atomic E-state index is 9.51. The van der Waals surface area contributed by atoms with Crippen LogP contribution in [0.4, 0.5) is 0 Å². The smallest absolute Gasteiger partial charge is 0.161 e. The molecule has 0 aliphatic carbocycles. The number of hydrogen-bond donors (Lipinski definition) is 1. The minimum Gasteiger partial charge on any atom is -0.504 e. The summed E-state index contributed by atoms with van der Waals surface area (Å²) in [5.74, 6) is 1.66. The lowest BCUT2D eigenvalue weighted by Crippen LogP contribution is -1.95. The largest absolute Gasteiger partial charge is 0.504 e. The fourth-order valence-electron chi connectivity index (χ4n) is 1.97. The van der Waals surface area contributed by atoms with Crippen LogP contribution in [0.15, 0.2) is 53.1 Å². The summed E-state index contributed by atoms with van der Waals surface area (Å²) >= 11 is 0.